The number of thiophene rings is 1. The molecule has 0 unspecified atom stereocenters. The highest BCUT2D eigenvalue weighted by Gasteiger charge is 2.22. The van der Waals surface area contributed by atoms with Crippen LogP contribution in [0.4, 0.5) is 0 Å². The molecule has 102 valence electrons. The summed E-state index contributed by atoms with van der Waals surface area (Å²) in [5.41, 5.74) is 0. The maximum Gasteiger partial charge on any atom is 0.233 e. The van der Waals surface area contributed by atoms with Crippen molar-refractivity contribution in [2.75, 3.05) is 7.11 Å². The van der Waals surface area contributed by atoms with Gasteiger partial charge in [-0.3, -0.25) is 0 Å². The fraction of sp³-hybridized carbons (Fsp3) is 0.0769. The topological polar surface area (TPSA) is 80.0 Å². The molecule has 0 aromatic carbocycles. The van der Waals surface area contributed by atoms with Gasteiger partial charge in [-0.25, -0.2) is 13.4 Å². The molecule has 20 heavy (non-hydrogen) atoms. The van der Waals surface area contributed by atoms with E-state index in [1.54, 1.807) is 29.6 Å². The summed E-state index contributed by atoms with van der Waals surface area (Å²) in [6, 6.07) is 7.94. The van der Waals surface area contributed by atoms with Crippen molar-refractivity contribution < 1.29 is 13.2 Å². The quantitative estimate of drug-likeness (QED) is 0.811. The highest BCUT2D eigenvalue weighted by molar-refractivity contribution is 7.95. The second-order valence-corrected chi connectivity index (χ2v) is 6.46. The molecule has 0 aliphatic carbocycles. The monoisotopic (exact) mass is 306 g/mol. The van der Waals surface area contributed by atoms with E-state index < -0.39 is 9.84 Å². The fourth-order valence-electron chi connectivity index (χ4n) is 1.49. The number of methoxy groups -OCH3 is 1. The second-order valence-electron chi connectivity index (χ2n) is 3.65. The van der Waals surface area contributed by atoms with E-state index in [9.17, 15) is 8.42 Å². The molecule has 0 atom stereocenters. The highest BCUT2D eigenvalue weighted by atomic mass is 32.2. The van der Waals surface area contributed by atoms with Gasteiger partial charge in [0.15, 0.2) is 9.93 Å². The molecular formula is C13H10N2O3S2. The van der Waals surface area contributed by atoms with Gasteiger partial charge in [-0.1, -0.05) is 6.07 Å². The number of nitrogens with zero attached hydrogens (tertiary/aromatic N) is 2. The van der Waals surface area contributed by atoms with Gasteiger partial charge >= 0.3 is 0 Å². The van der Waals surface area contributed by atoms with Crippen molar-refractivity contribution in [3.63, 3.8) is 0 Å². The molecule has 0 saturated heterocycles. The zero-order chi connectivity index (χ0) is 14.6. The van der Waals surface area contributed by atoms with Gasteiger partial charge in [0.05, 0.1) is 12.0 Å². The number of aromatic nitrogens is 1. The Morgan fingerprint density at radius 2 is 2.25 bits per heavy atom. The molecule has 0 spiro atoms. The standard InChI is InChI=1S/C13H10N2O3S2/c1-18-11-5-7-19-12(11)8-10(9-14)20(16,17)13-4-2-3-6-15-13/h2-8H,1H3/b10-8-. The van der Waals surface area contributed by atoms with Crippen LogP contribution < -0.4 is 4.74 Å². The summed E-state index contributed by atoms with van der Waals surface area (Å²) < 4.78 is 29.7. The van der Waals surface area contributed by atoms with Crippen LogP contribution in [-0.4, -0.2) is 20.5 Å². The summed E-state index contributed by atoms with van der Waals surface area (Å²) >= 11 is 1.29. The average Bonchev–Trinajstić information content (AvgIpc) is 2.92. The number of hydrogen-bond donors (Lipinski definition) is 0. The highest BCUT2D eigenvalue weighted by Crippen LogP contribution is 2.29. The lowest BCUT2D eigenvalue weighted by atomic mass is 10.4. The van der Waals surface area contributed by atoms with E-state index in [1.165, 1.54) is 36.8 Å². The molecule has 7 heteroatoms. The van der Waals surface area contributed by atoms with Crippen LogP contribution in [0.15, 0.2) is 45.8 Å². The van der Waals surface area contributed by atoms with E-state index in [0.29, 0.717) is 10.6 Å². The Kier molecular flexibility index (Phi) is 4.17. The van der Waals surface area contributed by atoms with E-state index >= 15 is 0 Å². The molecule has 0 aliphatic rings. The summed E-state index contributed by atoms with van der Waals surface area (Å²) in [6.07, 6.45) is 2.67. The van der Waals surface area contributed by atoms with Gasteiger partial charge in [0, 0.05) is 6.20 Å². The van der Waals surface area contributed by atoms with Crippen molar-refractivity contribution in [3.8, 4) is 11.8 Å². The maximum absolute atomic E-state index is 12.3. The van der Waals surface area contributed by atoms with Crippen LogP contribution in [0.1, 0.15) is 4.88 Å². The molecule has 2 aromatic heterocycles. The predicted molar refractivity (Wildman–Crippen MR) is 75.9 cm³/mol. The van der Waals surface area contributed by atoms with Crippen LogP contribution in [0.5, 0.6) is 5.75 Å². The second kappa shape index (κ2) is 5.86. The van der Waals surface area contributed by atoms with Crippen molar-refractivity contribution in [2.45, 2.75) is 5.03 Å². The molecule has 2 heterocycles. The van der Waals surface area contributed by atoms with Crippen LogP contribution in [0.2, 0.25) is 0 Å². The van der Waals surface area contributed by atoms with E-state index in [1.807, 2.05) is 0 Å². The third-order valence-corrected chi connectivity index (χ3v) is 4.88. The summed E-state index contributed by atoms with van der Waals surface area (Å²) in [5, 5.41) is 10.7. The minimum Gasteiger partial charge on any atom is -0.495 e. The lowest BCUT2D eigenvalue weighted by molar-refractivity contribution is 0.416. The Bertz CT molecular complexity index is 771. The van der Waals surface area contributed by atoms with Crippen LogP contribution in [0, 0.1) is 11.3 Å². The number of allylic oxidation sites excluding steroid dienone is 1. The third-order valence-electron chi connectivity index (χ3n) is 2.45. The zero-order valence-corrected chi connectivity index (χ0v) is 12.1. The summed E-state index contributed by atoms with van der Waals surface area (Å²) in [7, 11) is -2.43. The normalized spacial score (nSPS) is 11.9. The van der Waals surface area contributed by atoms with Crippen molar-refractivity contribution in [1.82, 2.24) is 4.98 Å². The van der Waals surface area contributed by atoms with Crippen LogP contribution in [0.3, 0.4) is 0 Å². The fourth-order valence-corrected chi connectivity index (χ4v) is 3.43. The van der Waals surface area contributed by atoms with Gasteiger partial charge in [-0.15, -0.1) is 11.3 Å². The van der Waals surface area contributed by atoms with Crippen molar-refractivity contribution in [1.29, 1.82) is 5.26 Å². The Hall–Kier alpha value is -2.17. The molecule has 0 aliphatic heterocycles. The Labute approximate surface area is 120 Å². The molecule has 0 bridgehead atoms. The first-order valence-corrected chi connectivity index (χ1v) is 7.85. The summed E-state index contributed by atoms with van der Waals surface area (Å²) in [4.78, 5) is 3.99. The lowest BCUT2D eigenvalue weighted by Crippen LogP contribution is -2.05. The van der Waals surface area contributed by atoms with Gasteiger partial charge in [0.2, 0.25) is 9.84 Å². The number of rotatable bonds is 4. The Morgan fingerprint density at radius 3 is 2.85 bits per heavy atom. The smallest absolute Gasteiger partial charge is 0.233 e. The zero-order valence-electron chi connectivity index (χ0n) is 10.5. The lowest BCUT2D eigenvalue weighted by Gasteiger charge is -2.02. The van der Waals surface area contributed by atoms with Gasteiger partial charge in [-0.2, -0.15) is 5.26 Å². The number of nitriles is 1. The largest absolute Gasteiger partial charge is 0.495 e. The van der Waals surface area contributed by atoms with Crippen LogP contribution >= 0.6 is 11.3 Å². The predicted octanol–water partition coefficient (Wildman–Crippen LogP) is 2.49. The first-order chi connectivity index (χ1) is 9.59. The molecule has 0 radical (unpaired) electrons. The maximum atomic E-state index is 12.3. The van der Waals surface area contributed by atoms with Crippen LogP contribution in [-0.2, 0) is 9.84 Å². The van der Waals surface area contributed by atoms with Crippen molar-refractivity contribution in [3.05, 3.63) is 45.6 Å². The molecule has 0 fully saturated rings. The summed E-state index contributed by atoms with van der Waals surface area (Å²) in [5.74, 6) is 0.527. The number of pyridine rings is 1. The minimum absolute atomic E-state index is 0.150. The number of hydrogen-bond acceptors (Lipinski definition) is 6. The first-order valence-electron chi connectivity index (χ1n) is 5.49. The van der Waals surface area contributed by atoms with E-state index in [-0.39, 0.29) is 9.93 Å². The van der Waals surface area contributed by atoms with Crippen LogP contribution in [0.25, 0.3) is 6.08 Å². The first kappa shape index (κ1) is 14.2. The third kappa shape index (κ3) is 2.71. The van der Waals surface area contributed by atoms with Gasteiger partial charge < -0.3 is 4.74 Å². The Morgan fingerprint density at radius 1 is 1.45 bits per heavy atom. The number of sulfone groups is 1. The molecule has 5 nitrogen and oxygen atoms in total. The summed E-state index contributed by atoms with van der Waals surface area (Å²) in [6.45, 7) is 0. The van der Waals surface area contributed by atoms with Gasteiger partial charge in [0.25, 0.3) is 0 Å². The average molecular weight is 306 g/mol. The molecule has 2 aromatic rings. The van der Waals surface area contributed by atoms with Crippen molar-refractivity contribution >= 4 is 27.3 Å². The molecule has 0 saturated carbocycles. The molecular weight excluding hydrogens is 296 g/mol. The van der Waals surface area contributed by atoms with Gasteiger partial charge in [0.1, 0.15) is 11.8 Å². The van der Waals surface area contributed by atoms with E-state index in [0.717, 1.165) is 0 Å². The van der Waals surface area contributed by atoms with E-state index in [4.69, 9.17) is 10.00 Å². The van der Waals surface area contributed by atoms with E-state index in [2.05, 4.69) is 4.98 Å². The molecule has 2 rings (SSSR count). The van der Waals surface area contributed by atoms with Gasteiger partial charge in [-0.05, 0) is 29.7 Å². The SMILES string of the molecule is COc1ccsc1/C=C(/C#N)S(=O)(=O)c1ccccn1. The molecule has 0 amide bonds. The number of ether oxygens (including phenoxy) is 1. The minimum atomic E-state index is -3.91. The Balaban J connectivity index is 2.51. The molecule has 0 N–H and O–H groups in total. The van der Waals surface area contributed by atoms with Crippen molar-refractivity contribution in [2.24, 2.45) is 0 Å².